The normalized spacial score (nSPS) is 20.3. The molecule has 0 saturated carbocycles. The van der Waals surface area contributed by atoms with Gasteiger partial charge >= 0.3 is 18.5 Å². The van der Waals surface area contributed by atoms with Gasteiger partial charge in [-0.1, -0.05) is 227 Å². The fourth-order valence-electron chi connectivity index (χ4n) is 18.1. The van der Waals surface area contributed by atoms with E-state index in [2.05, 4.69) is 256 Å². The van der Waals surface area contributed by atoms with E-state index in [9.17, 15) is 59.2 Å². The van der Waals surface area contributed by atoms with Crippen molar-refractivity contribution in [2.75, 3.05) is 72.0 Å². The molecule has 8 heterocycles. The first-order valence-corrected chi connectivity index (χ1v) is 49.3. The molecule has 760 valence electrons. The topological polar surface area (TPSA) is 153 Å². The molecule has 5 unspecified atom stereocenters. The van der Waals surface area contributed by atoms with Crippen LogP contribution in [0.2, 0.25) is 5.02 Å². The number of nitrogens with zero attached hydrogens (tertiary/aromatic N) is 10. The minimum atomic E-state index is -4.54. The van der Waals surface area contributed by atoms with Crippen LogP contribution in [-0.4, -0.2) is 182 Å². The Labute approximate surface area is 821 Å². The summed E-state index contributed by atoms with van der Waals surface area (Å²) in [5, 5.41) is 18.6. The molecule has 13 rings (SSSR count). The van der Waals surface area contributed by atoms with Gasteiger partial charge in [-0.3, -0.25) is 39.0 Å². The number of pyridine rings is 1. The Bertz CT molecular complexity index is 4760. The molecule has 3 amide bonds. The minimum absolute atomic E-state index is 0.0336. The number of halogens is 10. The van der Waals surface area contributed by atoms with E-state index < -0.39 is 61.7 Å². The lowest BCUT2D eigenvalue weighted by Crippen LogP contribution is -2.63. The van der Waals surface area contributed by atoms with Crippen LogP contribution in [0.1, 0.15) is 302 Å². The van der Waals surface area contributed by atoms with E-state index in [1.165, 1.54) is 63.2 Å². The van der Waals surface area contributed by atoms with Gasteiger partial charge in [0.1, 0.15) is 17.0 Å². The molecule has 2 bridgehead atoms. The van der Waals surface area contributed by atoms with Crippen molar-refractivity contribution < 1.29 is 63.4 Å². The van der Waals surface area contributed by atoms with Crippen LogP contribution in [-0.2, 0) is 39.1 Å². The molecule has 25 heteroatoms. The fourth-order valence-corrected chi connectivity index (χ4v) is 18.2. The van der Waals surface area contributed by atoms with Gasteiger partial charge in [0.2, 0.25) is 11.8 Å². The highest BCUT2D eigenvalue weighted by Gasteiger charge is 2.50. The third-order valence-corrected chi connectivity index (χ3v) is 26.8. The number of piperazine rings is 1. The zero-order valence-electron chi connectivity index (χ0n) is 87.0. The summed E-state index contributed by atoms with van der Waals surface area (Å²) in [7, 11) is 0. The molecular weight excluding hydrogens is 1770 g/mol. The number of fused-ring (bicyclic) bond motifs is 2. The Hall–Kier alpha value is -8.36. The van der Waals surface area contributed by atoms with E-state index >= 15 is 0 Å². The molecule has 1 aromatic heterocycles. The van der Waals surface area contributed by atoms with Crippen LogP contribution in [0.15, 0.2) is 181 Å². The molecule has 7 aliphatic heterocycles. The molecule has 0 N–H and O–H groups in total. The van der Waals surface area contributed by atoms with Crippen molar-refractivity contribution in [2.24, 2.45) is 33.0 Å². The quantitative estimate of drug-likeness (QED) is 0.0768. The molecule has 5 atom stereocenters. The largest absolute Gasteiger partial charge is 0.488 e. The van der Waals surface area contributed by atoms with Gasteiger partial charge in [0, 0.05) is 148 Å². The van der Waals surface area contributed by atoms with Gasteiger partial charge < -0.3 is 24.2 Å². The zero-order chi connectivity index (χ0) is 103. The Morgan fingerprint density at radius 1 is 0.555 bits per heavy atom. The first-order chi connectivity index (χ1) is 63.2. The lowest BCUT2D eigenvalue weighted by molar-refractivity contribution is -0.149. The van der Waals surface area contributed by atoms with E-state index in [1.54, 1.807) is 16.7 Å². The van der Waals surface area contributed by atoms with E-state index in [4.69, 9.17) is 26.3 Å². The van der Waals surface area contributed by atoms with Crippen molar-refractivity contribution in [2.45, 2.75) is 347 Å². The first kappa shape index (κ1) is 117. The molecule has 0 radical (unpaired) electrons. The lowest BCUT2D eigenvalue weighted by Gasteiger charge is -2.55. The molecule has 1 spiro atoms. The molecule has 4 aromatic carbocycles. The Balaban J connectivity index is 0.000000243. The summed E-state index contributed by atoms with van der Waals surface area (Å²) in [6, 6.07) is 47.7. The van der Waals surface area contributed by atoms with Gasteiger partial charge in [0.25, 0.3) is 5.91 Å². The zero-order valence-corrected chi connectivity index (χ0v) is 87.7. The van der Waals surface area contributed by atoms with Crippen molar-refractivity contribution in [1.82, 2.24) is 39.3 Å². The summed E-state index contributed by atoms with van der Waals surface area (Å²) in [6.07, 6.45) is 5.66. The lowest BCUT2D eigenvalue weighted by atomic mass is 9.65. The second-order valence-electron chi connectivity index (χ2n) is 46.2. The Morgan fingerprint density at radius 3 is 1.50 bits per heavy atom. The van der Waals surface area contributed by atoms with Gasteiger partial charge in [0.15, 0.2) is 0 Å². The van der Waals surface area contributed by atoms with Gasteiger partial charge in [0.05, 0.1) is 43.6 Å². The average molecular weight is 1940 g/mol. The van der Waals surface area contributed by atoms with Crippen LogP contribution in [0.3, 0.4) is 0 Å². The number of carbonyl (C=O) groups excluding carboxylic acids is 3. The third-order valence-electron chi connectivity index (χ3n) is 26.6. The Morgan fingerprint density at radius 2 is 1.08 bits per heavy atom. The second kappa shape index (κ2) is 50.3. The van der Waals surface area contributed by atoms with E-state index in [0.29, 0.717) is 75.1 Å². The minimum Gasteiger partial charge on any atom is -0.488 e. The summed E-state index contributed by atoms with van der Waals surface area (Å²) in [5.41, 5.74) is 8.48. The predicted octanol–water partition coefficient (Wildman–Crippen LogP) is 27.9. The number of amides is 3. The predicted molar refractivity (Wildman–Crippen MR) is 537 cm³/mol. The SMILES string of the molecule is CC(C)(C)C1=CCC(CC#N)(c2ccc(Cl)cc2)CC1.CC(C)(C)C1=CCN(C(=O)CCC(F)(F)F)CC1.CC(C)(C)C1C=CN(C(=O)CCC(F)(F)F)CC1.CC(C)(C)N1CC2CC1CN2Cc1ccccc1.CC(C)(C)N1CCC2(CC1)CN(C(=O)c1ccnc(C(F)(F)F)c1)C2.CC(C)(C)OCc1ccccc1.CC(C)(C)Oc1ccccc1.CC(CC#N)N1CC=C(C(C)(C)C)CC1. The number of rotatable bonds is 14. The number of hydrogen-bond acceptors (Lipinski definition) is 12. The number of likely N-dealkylation sites (tertiary alicyclic amines) is 4. The first-order valence-electron chi connectivity index (χ1n) is 49.0. The summed E-state index contributed by atoms with van der Waals surface area (Å²) in [4.78, 5) is 53.7. The summed E-state index contributed by atoms with van der Waals surface area (Å²) >= 11 is 5.98. The van der Waals surface area contributed by atoms with Crippen LogP contribution < -0.4 is 4.74 Å². The average Bonchev–Trinajstić information content (AvgIpc) is 1.67. The number of benzene rings is 4. The number of para-hydroxylation sites is 1. The number of nitriles is 2. The molecule has 137 heavy (non-hydrogen) atoms. The maximum Gasteiger partial charge on any atom is 0.433 e. The van der Waals surface area contributed by atoms with Crippen molar-refractivity contribution >= 4 is 29.3 Å². The van der Waals surface area contributed by atoms with Gasteiger partial charge in [-0.15, -0.1) is 0 Å². The van der Waals surface area contributed by atoms with E-state index in [-0.39, 0.29) is 55.3 Å². The number of hydrogen-bond donors (Lipinski definition) is 0. The number of piperidine rings is 1. The molecule has 4 saturated heterocycles. The monoisotopic (exact) mass is 1930 g/mol. The third kappa shape index (κ3) is 41.0. The number of aromatic nitrogens is 1. The van der Waals surface area contributed by atoms with Gasteiger partial charge in [-0.2, -0.15) is 50.0 Å². The van der Waals surface area contributed by atoms with E-state index in [0.717, 1.165) is 119 Å². The second-order valence-corrected chi connectivity index (χ2v) is 46.6. The standard InChI is InChI=1S/C18H22ClN.C18H24F3N3O.C16H24N2.2C13H20F3NO.C13H22N2.C11H16O.C10H14O/c1-17(2,3)14-8-10-18(11-9-14,12-13-20)15-4-6-16(19)7-5-15;1-16(2,3)24-8-5-17(6-9-24)11-23(12-17)15(25)13-4-7-22-14(10-13)18(19,20)21;1-16(2,3)18-12-14-9-15(18)11-17(14)10-13-7-5-4-6-8-13;2*1-12(2,3)10-5-8-17(9-6-10)11(18)4-7-13(14,15)16;1-11(5-8-14)15-9-6-12(7-10-15)13(2,3)4;1-11(2,3)12-9-10-7-5-4-6-8-10;1-10(2,3)11-9-7-5-4-6-8-9/h4-8H,9-12H2,1-3H3;4,7,10H,5-6,8-9,11-12H2,1-3H3;4-8,14-15H,9-12H2,1-3H3;5H,4,6-9H2,1-3H3;5,8,10H,4,6-7,9H2,1-3H3;6,11H,5,7,9-10H2,1-4H3;4-8H,9H2,1-3H3;4-8H,1-3H3. The van der Waals surface area contributed by atoms with Crippen molar-refractivity contribution in [3.8, 4) is 17.9 Å². The maximum atomic E-state index is 12.8. The highest BCUT2D eigenvalue weighted by Crippen LogP contribution is 2.47. The van der Waals surface area contributed by atoms with Gasteiger partial charge in [-0.25, -0.2) is 0 Å². The number of allylic oxidation sites excluding steroid dienone is 3. The molecule has 4 fully saturated rings. The van der Waals surface area contributed by atoms with Crippen LogP contribution in [0.4, 0.5) is 39.5 Å². The number of alkyl halides is 9. The highest BCUT2D eigenvalue weighted by atomic mass is 35.5. The Kier molecular flexibility index (Phi) is 43.1. The molecular formula is C112H162ClF9N10O5. The molecule has 5 aromatic rings. The fraction of sp³-hybridized carbons (Fsp3) is 0.625. The van der Waals surface area contributed by atoms with Crippen LogP contribution in [0.25, 0.3) is 0 Å². The summed E-state index contributed by atoms with van der Waals surface area (Å²) in [6.45, 7) is 65.5. The number of ether oxygens (including phenoxy) is 2. The van der Waals surface area contributed by atoms with Crippen LogP contribution >= 0.6 is 11.6 Å². The maximum absolute atomic E-state index is 12.8. The molecule has 1 aliphatic carbocycles. The van der Waals surface area contributed by atoms with Crippen molar-refractivity contribution in [1.29, 1.82) is 10.5 Å². The van der Waals surface area contributed by atoms with Gasteiger partial charge in [-0.05, 0) is 242 Å². The molecule has 8 aliphatic rings. The van der Waals surface area contributed by atoms with Crippen LogP contribution in [0, 0.1) is 55.7 Å². The van der Waals surface area contributed by atoms with Crippen molar-refractivity contribution in [3.05, 3.63) is 214 Å². The number of carbonyl (C=O) groups is 3. The highest BCUT2D eigenvalue weighted by molar-refractivity contribution is 6.30. The van der Waals surface area contributed by atoms with E-state index in [1.807, 2.05) is 93.6 Å². The summed E-state index contributed by atoms with van der Waals surface area (Å²) < 4.78 is 122. The van der Waals surface area contributed by atoms with Crippen LogP contribution in [0.5, 0.6) is 5.75 Å². The smallest absolute Gasteiger partial charge is 0.433 e. The summed E-state index contributed by atoms with van der Waals surface area (Å²) in [5.74, 6) is 0.105. The molecule has 15 nitrogen and oxygen atoms in total. The van der Waals surface area contributed by atoms with Crippen molar-refractivity contribution in [3.63, 3.8) is 0 Å².